The molecule has 0 spiro atoms. The van der Waals surface area contributed by atoms with Crippen molar-refractivity contribution in [3.8, 4) is 5.88 Å². The van der Waals surface area contributed by atoms with Crippen molar-refractivity contribution >= 4 is 23.7 Å². The number of ether oxygens (including phenoxy) is 3. The van der Waals surface area contributed by atoms with Crippen LogP contribution in [0.1, 0.15) is 53.2 Å². The minimum absolute atomic E-state index is 0.0130. The van der Waals surface area contributed by atoms with E-state index in [1.807, 2.05) is 20.8 Å². The van der Waals surface area contributed by atoms with Crippen molar-refractivity contribution in [2.45, 2.75) is 53.1 Å². The Labute approximate surface area is 189 Å². The minimum Gasteiger partial charge on any atom is -0.474 e. The monoisotopic (exact) mass is 447 g/mol. The third-order valence-electron chi connectivity index (χ3n) is 5.45. The van der Waals surface area contributed by atoms with Gasteiger partial charge in [-0.15, -0.1) is 0 Å². The number of hydrogen-bond donors (Lipinski definition) is 0. The summed E-state index contributed by atoms with van der Waals surface area (Å²) in [7, 11) is 1.33. The SMILES string of the molecule is COC(=O)[C@@H]1CN(C(=O)OC(C)(C)C)C[C@H]1c1ccc2c(n1)OCCN2C(=O)C(C)(C)C. The molecule has 1 aromatic heterocycles. The molecular formula is C23H33N3O6. The molecule has 1 aromatic rings. The average Bonchev–Trinajstić information content (AvgIpc) is 3.15. The summed E-state index contributed by atoms with van der Waals surface area (Å²) >= 11 is 0. The number of carbonyl (C=O) groups excluding carboxylic acids is 3. The summed E-state index contributed by atoms with van der Waals surface area (Å²) < 4.78 is 16.2. The molecule has 32 heavy (non-hydrogen) atoms. The number of hydrogen-bond acceptors (Lipinski definition) is 7. The molecule has 2 aliphatic heterocycles. The van der Waals surface area contributed by atoms with E-state index in [-0.39, 0.29) is 24.9 Å². The first-order valence-electron chi connectivity index (χ1n) is 10.8. The molecule has 3 rings (SSSR count). The Hall–Kier alpha value is -2.84. The molecule has 0 aliphatic carbocycles. The molecule has 1 saturated heterocycles. The van der Waals surface area contributed by atoms with Crippen LogP contribution in [-0.4, -0.2) is 66.8 Å². The van der Waals surface area contributed by atoms with E-state index in [1.54, 1.807) is 37.8 Å². The molecule has 176 valence electrons. The number of amides is 2. The molecule has 1 fully saturated rings. The number of likely N-dealkylation sites (tertiary alicyclic amines) is 1. The minimum atomic E-state index is -0.642. The van der Waals surface area contributed by atoms with E-state index in [0.717, 1.165) is 0 Å². The Morgan fingerprint density at radius 2 is 1.78 bits per heavy atom. The zero-order valence-corrected chi connectivity index (χ0v) is 19.9. The van der Waals surface area contributed by atoms with Gasteiger partial charge < -0.3 is 24.0 Å². The lowest BCUT2D eigenvalue weighted by atomic mass is 9.92. The molecule has 2 atom stereocenters. The van der Waals surface area contributed by atoms with E-state index in [1.165, 1.54) is 12.0 Å². The first-order chi connectivity index (χ1) is 14.8. The van der Waals surface area contributed by atoms with Gasteiger partial charge in [0, 0.05) is 24.4 Å². The summed E-state index contributed by atoms with van der Waals surface area (Å²) in [6, 6.07) is 3.58. The van der Waals surface area contributed by atoms with Crippen molar-refractivity contribution in [1.82, 2.24) is 9.88 Å². The molecule has 0 saturated carbocycles. The molecule has 0 unspecified atom stereocenters. The molecule has 0 radical (unpaired) electrons. The van der Waals surface area contributed by atoms with Crippen molar-refractivity contribution in [3.63, 3.8) is 0 Å². The lowest BCUT2D eigenvalue weighted by molar-refractivity contribution is -0.145. The van der Waals surface area contributed by atoms with Crippen LogP contribution in [-0.2, 0) is 19.1 Å². The van der Waals surface area contributed by atoms with Gasteiger partial charge in [-0.1, -0.05) is 20.8 Å². The molecule has 2 aliphatic rings. The quantitative estimate of drug-likeness (QED) is 0.643. The van der Waals surface area contributed by atoms with Crippen molar-refractivity contribution < 1.29 is 28.6 Å². The molecule has 0 bridgehead atoms. The van der Waals surface area contributed by atoms with Crippen LogP contribution < -0.4 is 9.64 Å². The molecule has 9 heteroatoms. The van der Waals surface area contributed by atoms with Crippen molar-refractivity contribution in [2.24, 2.45) is 11.3 Å². The lowest BCUT2D eigenvalue weighted by Crippen LogP contribution is -2.44. The standard InChI is InChI=1S/C23H33N3O6/c1-22(2,3)20(28)26-10-11-31-18-17(26)9-8-16(24-18)14-12-25(13-15(14)19(27)30-7)21(29)32-23(4,5)6/h8-9,14-15H,10-13H2,1-7H3/t14-,15-/m1/s1. The fourth-order valence-corrected chi connectivity index (χ4v) is 3.90. The second-order valence-electron chi connectivity index (χ2n) is 10.2. The van der Waals surface area contributed by atoms with Gasteiger partial charge in [0.25, 0.3) is 0 Å². The van der Waals surface area contributed by atoms with Crippen molar-refractivity contribution in [2.75, 3.05) is 38.3 Å². The second kappa shape index (κ2) is 8.60. The zero-order chi connectivity index (χ0) is 23.8. The maximum absolute atomic E-state index is 12.9. The molecule has 9 nitrogen and oxygen atoms in total. The van der Waals surface area contributed by atoms with Crippen molar-refractivity contribution in [1.29, 1.82) is 0 Å². The number of methoxy groups -OCH3 is 1. The van der Waals surface area contributed by atoms with E-state index >= 15 is 0 Å². The van der Waals surface area contributed by atoms with Gasteiger partial charge in [-0.25, -0.2) is 9.78 Å². The Bertz CT molecular complexity index is 902. The zero-order valence-electron chi connectivity index (χ0n) is 19.9. The highest BCUT2D eigenvalue weighted by Gasteiger charge is 2.44. The summed E-state index contributed by atoms with van der Waals surface area (Å²) in [5, 5.41) is 0. The van der Waals surface area contributed by atoms with Crippen LogP contribution in [0.3, 0.4) is 0 Å². The molecule has 2 amide bonds. The molecule has 3 heterocycles. The van der Waals surface area contributed by atoms with Crippen LogP contribution in [0.5, 0.6) is 5.88 Å². The number of anilines is 1. The normalized spacial score (nSPS) is 21.0. The van der Waals surface area contributed by atoms with Gasteiger partial charge in [-0.05, 0) is 32.9 Å². The van der Waals surface area contributed by atoms with Crippen LogP contribution in [0.15, 0.2) is 12.1 Å². The van der Waals surface area contributed by atoms with Crippen LogP contribution >= 0.6 is 0 Å². The Morgan fingerprint density at radius 1 is 1.09 bits per heavy atom. The highest BCUT2D eigenvalue weighted by atomic mass is 16.6. The summed E-state index contributed by atoms with van der Waals surface area (Å²) in [6.45, 7) is 12.2. The van der Waals surface area contributed by atoms with E-state index < -0.39 is 29.0 Å². The summed E-state index contributed by atoms with van der Waals surface area (Å²) in [6.07, 6.45) is -0.481. The number of pyridine rings is 1. The van der Waals surface area contributed by atoms with Gasteiger partial charge in [0.15, 0.2) is 0 Å². The summed E-state index contributed by atoms with van der Waals surface area (Å²) in [5.41, 5.74) is 0.0336. The summed E-state index contributed by atoms with van der Waals surface area (Å²) in [4.78, 5) is 45.8. The van der Waals surface area contributed by atoms with E-state index in [4.69, 9.17) is 14.2 Å². The number of esters is 1. The van der Waals surface area contributed by atoms with Crippen LogP contribution in [0.2, 0.25) is 0 Å². The van der Waals surface area contributed by atoms with Gasteiger partial charge in [-0.3, -0.25) is 9.59 Å². The number of fused-ring (bicyclic) bond motifs is 1. The van der Waals surface area contributed by atoms with Crippen molar-refractivity contribution in [3.05, 3.63) is 17.8 Å². The molecular weight excluding hydrogens is 414 g/mol. The van der Waals surface area contributed by atoms with Crippen LogP contribution in [0.4, 0.5) is 10.5 Å². The van der Waals surface area contributed by atoms with E-state index in [0.29, 0.717) is 30.4 Å². The Morgan fingerprint density at radius 3 is 2.38 bits per heavy atom. The topological polar surface area (TPSA) is 98.3 Å². The first-order valence-corrected chi connectivity index (χ1v) is 10.8. The number of nitrogens with zero attached hydrogens (tertiary/aromatic N) is 3. The van der Waals surface area contributed by atoms with E-state index in [2.05, 4.69) is 4.98 Å². The third kappa shape index (κ3) is 4.97. The Kier molecular flexibility index (Phi) is 6.40. The average molecular weight is 448 g/mol. The number of aromatic nitrogens is 1. The maximum atomic E-state index is 12.9. The fourth-order valence-electron chi connectivity index (χ4n) is 3.90. The van der Waals surface area contributed by atoms with Gasteiger partial charge >= 0.3 is 12.1 Å². The van der Waals surface area contributed by atoms with Gasteiger partial charge in [0.1, 0.15) is 17.9 Å². The largest absolute Gasteiger partial charge is 0.474 e. The molecule has 0 N–H and O–H groups in total. The number of rotatable bonds is 2. The smallest absolute Gasteiger partial charge is 0.410 e. The predicted molar refractivity (Wildman–Crippen MR) is 118 cm³/mol. The van der Waals surface area contributed by atoms with Crippen LogP contribution in [0.25, 0.3) is 0 Å². The van der Waals surface area contributed by atoms with Gasteiger partial charge in [-0.2, -0.15) is 0 Å². The van der Waals surface area contributed by atoms with E-state index in [9.17, 15) is 14.4 Å². The number of carbonyl (C=O) groups is 3. The Balaban J connectivity index is 1.89. The summed E-state index contributed by atoms with van der Waals surface area (Å²) in [5.74, 6) is -1.02. The van der Waals surface area contributed by atoms with Crippen LogP contribution in [0, 0.1) is 11.3 Å². The lowest BCUT2D eigenvalue weighted by Gasteiger charge is -2.33. The maximum Gasteiger partial charge on any atom is 0.410 e. The second-order valence-corrected chi connectivity index (χ2v) is 10.2. The first kappa shape index (κ1) is 23.8. The van der Waals surface area contributed by atoms with Gasteiger partial charge in [0.05, 0.1) is 25.3 Å². The fraction of sp³-hybridized carbons (Fsp3) is 0.652. The predicted octanol–water partition coefficient (Wildman–Crippen LogP) is 2.98. The highest BCUT2D eigenvalue weighted by molar-refractivity contribution is 5.98. The molecule has 0 aromatic carbocycles. The third-order valence-corrected chi connectivity index (χ3v) is 5.45. The van der Waals surface area contributed by atoms with Gasteiger partial charge in [0.2, 0.25) is 11.8 Å². The highest BCUT2D eigenvalue weighted by Crippen LogP contribution is 2.38.